The number of aromatic nitrogens is 2. The van der Waals surface area contributed by atoms with E-state index in [2.05, 4.69) is 20.6 Å². The van der Waals surface area contributed by atoms with Crippen LogP contribution < -0.4 is 15.4 Å². The monoisotopic (exact) mass is 260 g/mol. The van der Waals surface area contributed by atoms with Crippen molar-refractivity contribution in [3.63, 3.8) is 0 Å². The fourth-order valence-electron chi connectivity index (χ4n) is 1.23. The third-order valence-corrected chi connectivity index (χ3v) is 2.96. The van der Waals surface area contributed by atoms with E-state index in [-0.39, 0.29) is 12.3 Å². The Morgan fingerprint density at radius 2 is 2.00 bits per heavy atom. The second-order valence-electron chi connectivity index (χ2n) is 3.41. The van der Waals surface area contributed by atoms with Gasteiger partial charge in [-0.05, 0) is 0 Å². The maximum absolute atomic E-state index is 11.0. The van der Waals surface area contributed by atoms with E-state index in [0.29, 0.717) is 17.4 Å². The number of anilines is 2. The summed E-state index contributed by atoms with van der Waals surface area (Å²) in [7, 11) is 0.223. The fourth-order valence-corrected chi connectivity index (χ4v) is 1.70. The van der Waals surface area contributed by atoms with Crippen LogP contribution in [0.5, 0.6) is 5.75 Å². The van der Waals surface area contributed by atoms with Gasteiger partial charge in [-0.15, -0.1) is 0 Å². The van der Waals surface area contributed by atoms with Gasteiger partial charge in [0.2, 0.25) is 5.75 Å². The lowest BCUT2D eigenvalue weighted by atomic mass is 10.4. The number of sulfone groups is 1. The van der Waals surface area contributed by atoms with Crippen molar-refractivity contribution in [2.45, 2.75) is 0 Å². The molecule has 0 aliphatic carbocycles. The second kappa shape index (κ2) is 5.67. The van der Waals surface area contributed by atoms with E-state index in [1.54, 1.807) is 7.05 Å². The molecule has 0 radical (unpaired) electrons. The Hall–Kier alpha value is -1.57. The molecule has 0 aromatic carbocycles. The third-order valence-electron chi connectivity index (χ3n) is 2.01. The molecule has 0 atom stereocenters. The zero-order valence-corrected chi connectivity index (χ0v) is 10.8. The van der Waals surface area contributed by atoms with E-state index < -0.39 is 9.84 Å². The molecule has 1 aromatic rings. The number of nitrogens with one attached hydrogen (secondary N) is 2. The van der Waals surface area contributed by atoms with Gasteiger partial charge in [-0.3, -0.25) is 0 Å². The predicted octanol–water partition coefficient (Wildman–Crippen LogP) is -0.0166. The maximum atomic E-state index is 11.0. The van der Waals surface area contributed by atoms with Gasteiger partial charge >= 0.3 is 0 Å². The summed E-state index contributed by atoms with van der Waals surface area (Å²) in [4.78, 5) is 7.98. The SMILES string of the molecule is CNc1ncnc(NCCS(C)(=O)=O)c1OC. The number of hydrogen-bond donors (Lipinski definition) is 2. The van der Waals surface area contributed by atoms with Gasteiger partial charge < -0.3 is 15.4 Å². The molecule has 0 spiro atoms. The third kappa shape index (κ3) is 4.06. The average molecular weight is 260 g/mol. The first-order valence-electron chi connectivity index (χ1n) is 4.96. The highest BCUT2D eigenvalue weighted by Gasteiger charge is 2.11. The minimum absolute atomic E-state index is 0.0368. The molecule has 0 aliphatic rings. The Labute approximate surface area is 101 Å². The van der Waals surface area contributed by atoms with E-state index in [1.807, 2.05) is 0 Å². The van der Waals surface area contributed by atoms with E-state index in [4.69, 9.17) is 4.74 Å². The van der Waals surface area contributed by atoms with Gasteiger partial charge in [0.15, 0.2) is 11.6 Å². The van der Waals surface area contributed by atoms with E-state index >= 15 is 0 Å². The van der Waals surface area contributed by atoms with Gasteiger partial charge in [0.25, 0.3) is 0 Å². The van der Waals surface area contributed by atoms with Crippen LogP contribution in [0.3, 0.4) is 0 Å². The molecule has 17 heavy (non-hydrogen) atoms. The van der Waals surface area contributed by atoms with Crippen LogP contribution in [0.4, 0.5) is 11.6 Å². The molecule has 7 nitrogen and oxygen atoms in total. The average Bonchev–Trinajstić information content (AvgIpc) is 2.27. The summed E-state index contributed by atoms with van der Waals surface area (Å²) >= 11 is 0. The molecular weight excluding hydrogens is 244 g/mol. The largest absolute Gasteiger partial charge is 0.490 e. The van der Waals surface area contributed by atoms with Crippen LogP contribution in [-0.2, 0) is 9.84 Å². The molecule has 2 N–H and O–H groups in total. The first-order valence-corrected chi connectivity index (χ1v) is 7.02. The van der Waals surface area contributed by atoms with Gasteiger partial charge in [-0.25, -0.2) is 18.4 Å². The van der Waals surface area contributed by atoms with Gasteiger partial charge in [-0.1, -0.05) is 0 Å². The van der Waals surface area contributed by atoms with Crippen LogP contribution in [0.25, 0.3) is 0 Å². The van der Waals surface area contributed by atoms with Crippen molar-refractivity contribution in [3.05, 3.63) is 6.33 Å². The molecule has 0 amide bonds. The fraction of sp³-hybridized carbons (Fsp3) is 0.556. The summed E-state index contributed by atoms with van der Waals surface area (Å²) in [5.41, 5.74) is 0. The molecule has 0 saturated heterocycles. The van der Waals surface area contributed by atoms with Gasteiger partial charge in [0, 0.05) is 19.8 Å². The molecule has 0 aliphatic heterocycles. The smallest absolute Gasteiger partial charge is 0.204 e. The molecule has 0 fully saturated rings. The highest BCUT2D eigenvalue weighted by molar-refractivity contribution is 7.90. The van der Waals surface area contributed by atoms with Crippen molar-refractivity contribution in [1.82, 2.24) is 9.97 Å². The van der Waals surface area contributed by atoms with Crippen molar-refractivity contribution >= 4 is 21.5 Å². The summed E-state index contributed by atoms with van der Waals surface area (Å²) in [5, 5.41) is 5.76. The first-order chi connectivity index (χ1) is 7.98. The Kier molecular flexibility index (Phi) is 4.50. The predicted molar refractivity (Wildman–Crippen MR) is 66.3 cm³/mol. The zero-order chi connectivity index (χ0) is 12.9. The Morgan fingerprint density at radius 3 is 2.53 bits per heavy atom. The molecular formula is C9H16N4O3S. The van der Waals surface area contributed by atoms with Crippen molar-refractivity contribution < 1.29 is 13.2 Å². The summed E-state index contributed by atoms with van der Waals surface area (Å²) < 4.78 is 27.1. The van der Waals surface area contributed by atoms with Crippen molar-refractivity contribution in [2.24, 2.45) is 0 Å². The summed E-state index contributed by atoms with van der Waals surface area (Å²) in [6, 6.07) is 0. The van der Waals surface area contributed by atoms with Crippen molar-refractivity contribution in [1.29, 1.82) is 0 Å². The summed E-state index contributed by atoms with van der Waals surface area (Å²) in [6.07, 6.45) is 2.56. The molecule has 0 bridgehead atoms. The molecule has 8 heteroatoms. The molecule has 1 rings (SSSR count). The maximum Gasteiger partial charge on any atom is 0.204 e. The lowest BCUT2D eigenvalue weighted by Gasteiger charge is -2.12. The van der Waals surface area contributed by atoms with Crippen LogP contribution in [0, 0.1) is 0 Å². The Balaban J connectivity index is 2.77. The van der Waals surface area contributed by atoms with E-state index in [9.17, 15) is 8.42 Å². The van der Waals surface area contributed by atoms with E-state index in [1.165, 1.54) is 19.7 Å². The Morgan fingerprint density at radius 1 is 1.35 bits per heavy atom. The lowest BCUT2D eigenvalue weighted by Crippen LogP contribution is -2.15. The summed E-state index contributed by atoms with van der Waals surface area (Å²) in [5.74, 6) is 1.51. The molecule has 1 heterocycles. The standard InChI is InChI=1S/C9H16N4O3S/c1-10-8-7(16-2)9(13-6-12-8)11-4-5-17(3,14)15/h6H,4-5H2,1-3H3,(H2,10,11,12,13). The van der Waals surface area contributed by atoms with Crippen molar-refractivity contribution in [2.75, 3.05) is 43.3 Å². The lowest BCUT2D eigenvalue weighted by molar-refractivity contribution is 0.415. The minimum Gasteiger partial charge on any atom is -0.490 e. The van der Waals surface area contributed by atoms with Crippen LogP contribution in [0.15, 0.2) is 6.33 Å². The number of ether oxygens (including phenoxy) is 1. The molecule has 0 saturated carbocycles. The quantitative estimate of drug-likeness (QED) is 0.742. The van der Waals surface area contributed by atoms with Crippen LogP contribution >= 0.6 is 0 Å². The van der Waals surface area contributed by atoms with Gasteiger partial charge in [0.1, 0.15) is 16.2 Å². The normalized spacial score (nSPS) is 11.0. The molecule has 0 unspecified atom stereocenters. The number of hydrogen-bond acceptors (Lipinski definition) is 7. The van der Waals surface area contributed by atoms with Gasteiger partial charge in [-0.2, -0.15) is 0 Å². The number of methoxy groups -OCH3 is 1. The zero-order valence-electron chi connectivity index (χ0n) is 10.0. The second-order valence-corrected chi connectivity index (χ2v) is 5.67. The Bertz CT molecular complexity index is 475. The highest BCUT2D eigenvalue weighted by atomic mass is 32.2. The topological polar surface area (TPSA) is 93.2 Å². The van der Waals surface area contributed by atoms with Crippen LogP contribution in [-0.4, -0.2) is 51.1 Å². The van der Waals surface area contributed by atoms with Gasteiger partial charge in [0.05, 0.1) is 12.9 Å². The first kappa shape index (κ1) is 13.5. The van der Waals surface area contributed by atoms with Crippen LogP contribution in [0.2, 0.25) is 0 Å². The molecule has 1 aromatic heterocycles. The summed E-state index contributed by atoms with van der Waals surface area (Å²) in [6.45, 7) is 0.273. The number of rotatable bonds is 6. The van der Waals surface area contributed by atoms with Crippen LogP contribution in [0.1, 0.15) is 0 Å². The molecule has 96 valence electrons. The minimum atomic E-state index is -2.99. The van der Waals surface area contributed by atoms with E-state index in [0.717, 1.165) is 0 Å². The number of nitrogens with zero attached hydrogens (tertiary/aromatic N) is 2. The highest BCUT2D eigenvalue weighted by Crippen LogP contribution is 2.27. The van der Waals surface area contributed by atoms with Crippen molar-refractivity contribution in [3.8, 4) is 5.75 Å².